The first-order chi connectivity index (χ1) is 24.3. The van der Waals surface area contributed by atoms with Crippen molar-refractivity contribution in [3.8, 4) is 11.4 Å². The number of benzene rings is 8. The van der Waals surface area contributed by atoms with Crippen molar-refractivity contribution >= 4 is 81.7 Å². The lowest BCUT2D eigenvalue weighted by Crippen LogP contribution is -2.02. The summed E-state index contributed by atoms with van der Waals surface area (Å²) in [6.45, 7) is 0. The summed E-state index contributed by atoms with van der Waals surface area (Å²) in [5, 5.41) is 10.0. The minimum Gasteiger partial charge on any atom is -0.309 e. The highest BCUT2D eigenvalue weighted by Gasteiger charge is 2.19. The van der Waals surface area contributed by atoms with Crippen molar-refractivity contribution in [1.82, 2.24) is 13.5 Å². The number of hydrogen-bond donors (Lipinski definition) is 0. The van der Waals surface area contributed by atoms with E-state index in [-0.39, 0.29) is 0 Å². The topological polar surface area (TPSA) is 14.3 Å². The van der Waals surface area contributed by atoms with Crippen LogP contribution in [0.25, 0.3) is 93.1 Å². The van der Waals surface area contributed by atoms with Gasteiger partial charge >= 0.3 is 0 Å². The average molecular weight is 624 g/mol. The van der Waals surface area contributed by atoms with E-state index < -0.39 is 0 Å². The van der Waals surface area contributed by atoms with Crippen molar-refractivity contribution in [3.05, 3.63) is 176 Å². The normalized spacial score (nSPS) is 12.1. The number of aromatic nitrogens is 3. The quantitative estimate of drug-likeness (QED) is 0.182. The smallest absolute Gasteiger partial charge is 0.0703 e. The van der Waals surface area contributed by atoms with Gasteiger partial charge in [0.15, 0.2) is 0 Å². The van der Waals surface area contributed by atoms with E-state index in [1.54, 1.807) is 0 Å². The lowest BCUT2D eigenvalue weighted by molar-refractivity contribution is 1.14. The molecule has 3 aromatic heterocycles. The van der Waals surface area contributed by atoms with Crippen LogP contribution in [0, 0.1) is 0 Å². The van der Waals surface area contributed by atoms with Crippen molar-refractivity contribution in [2.45, 2.75) is 0 Å². The van der Waals surface area contributed by atoms with Crippen molar-refractivity contribution in [2.75, 3.05) is 0 Å². The van der Waals surface area contributed by atoms with Gasteiger partial charge in [0.1, 0.15) is 0 Å². The second-order valence-corrected chi connectivity index (χ2v) is 13.0. The molecule has 3 heteroatoms. The first-order valence-corrected chi connectivity index (χ1v) is 16.9. The molecule has 49 heavy (non-hydrogen) atoms. The van der Waals surface area contributed by atoms with E-state index in [1.165, 1.54) is 65.2 Å². The van der Waals surface area contributed by atoms with E-state index in [9.17, 15) is 0 Å². The van der Waals surface area contributed by atoms with E-state index >= 15 is 0 Å². The predicted molar refractivity (Wildman–Crippen MR) is 207 cm³/mol. The van der Waals surface area contributed by atoms with Gasteiger partial charge in [-0.25, -0.2) is 0 Å². The van der Waals surface area contributed by atoms with Crippen LogP contribution >= 0.6 is 0 Å². The van der Waals surface area contributed by atoms with Crippen LogP contribution in [0.1, 0.15) is 0 Å². The first-order valence-electron chi connectivity index (χ1n) is 16.9. The van der Waals surface area contributed by atoms with Crippen molar-refractivity contribution in [2.24, 2.45) is 0 Å². The maximum Gasteiger partial charge on any atom is 0.0703 e. The fourth-order valence-electron chi connectivity index (χ4n) is 8.40. The lowest BCUT2D eigenvalue weighted by atomic mass is 9.99. The number of nitrogens with zero attached hydrogens (tertiary/aromatic N) is 3. The molecule has 11 rings (SSSR count). The van der Waals surface area contributed by atoms with Gasteiger partial charge in [0.2, 0.25) is 0 Å². The zero-order valence-electron chi connectivity index (χ0n) is 26.6. The van der Waals surface area contributed by atoms with E-state index in [0.717, 1.165) is 27.9 Å². The highest BCUT2D eigenvalue weighted by Crippen LogP contribution is 2.42. The van der Waals surface area contributed by atoms with Crippen molar-refractivity contribution in [1.29, 1.82) is 0 Å². The van der Waals surface area contributed by atoms with Crippen LogP contribution in [0.5, 0.6) is 0 Å². The Morgan fingerprint density at radius 3 is 1.57 bits per heavy atom. The molecule has 0 aliphatic rings. The molecular formula is C46H29N3. The third-order valence-electron chi connectivity index (χ3n) is 10.4. The number of para-hydroxylation sites is 6. The minimum atomic E-state index is 1.12. The molecule has 0 radical (unpaired) electrons. The molecule has 0 spiro atoms. The molecule has 11 aromatic rings. The zero-order chi connectivity index (χ0) is 32.1. The van der Waals surface area contributed by atoms with Crippen molar-refractivity contribution < 1.29 is 0 Å². The van der Waals surface area contributed by atoms with Crippen LogP contribution in [0.15, 0.2) is 176 Å². The molecule has 0 atom stereocenters. The third-order valence-corrected chi connectivity index (χ3v) is 10.4. The largest absolute Gasteiger partial charge is 0.309 e. The van der Waals surface area contributed by atoms with E-state index in [4.69, 9.17) is 0 Å². The lowest BCUT2D eigenvalue weighted by Gasteiger charge is -2.17. The first kappa shape index (κ1) is 26.5. The average Bonchev–Trinajstić information content (AvgIpc) is 3.68. The standard InChI is InChI=1S/C46H29N3/c1-2-15-31(16-3-1)47-39-21-9-6-18-34(39)36-27-26-32(29-44(36)47)48-40-22-10-7-19-35(40)38-28-30-14-4-5-17-33(30)45-37-20-8-11-23-41(37)49(46(38)45)43-25-13-12-24-42(43)48/h1-29H. The molecule has 0 unspecified atom stereocenters. The molecule has 0 aliphatic carbocycles. The summed E-state index contributed by atoms with van der Waals surface area (Å²) < 4.78 is 7.38. The van der Waals surface area contributed by atoms with Gasteiger partial charge in [0.25, 0.3) is 0 Å². The van der Waals surface area contributed by atoms with Gasteiger partial charge in [-0.15, -0.1) is 0 Å². The Balaban J connectivity index is 1.40. The van der Waals surface area contributed by atoms with Crippen LogP contribution < -0.4 is 0 Å². The van der Waals surface area contributed by atoms with Gasteiger partial charge in [-0.1, -0.05) is 115 Å². The fourth-order valence-corrected chi connectivity index (χ4v) is 8.40. The summed E-state index contributed by atoms with van der Waals surface area (Å²) in [6, 6.07) is 64.4. The Morgan fingerprint density at radius 2 is 0.816 bits per heavy atom. The molecular weight excluding hydrogens is 595 g/mol. The maximum absolute atomic E-state index is 2.50. The number of hydrogen-bond acceptors (Lipinski definition) is 0. The molecule has 0 N–H and O–H groups in total. The highest BCUT2D eigenvalue weighted by atomic mass is 15.0. The minimum absolute atomic E-state index is 1.12. The molecule has 8 aromatic carbocycles. The second kappa shape index (κ2) is 9.96. The molecule has 0 bridgehead atoms. The molecule has 0 amide bonds. The maximum atomic E-state index is 2.50. The van der Waals surface area contributed by atoms with E-state index in [0.29, 0.717) is 0 Å². The number of rotatable bonds is 2. The summed E-state index contributed by atoms with van der Waals surface area (Å²) in [4.78, 5) is 0. The molecule has 3 heterocycles. The zero-order valence-corrected chi connectivity index (χ0v) is 26.6. The van der Waals surface area contributed by atoms with Gasteiger partial charge in [-0.05, 0) is 71.4 Å². The summed E-state index contributed by atoms with van der Waals surface area (Å²) in [5.41, 5.74) is 10.6. The Kier molecular flexibility index (Phi) is 5.38. The summed E-state index contributed by atoms with van der Waals surface area (Å²) in [5.74, 6) is 0. The van der Waals surface area contributed by atoms with Crippen LogP contribution in [-0.4, -0.2) is 13.5 Å². The predicted octanol–water partition coefficient (Wildman–Crippen LogP) is 12.2. The Labute approximate surface area is 281 Å². The van der Waals surface area contributed by atoms with Crippen LogP contribution in [0.2, 0.25) is 0 Å². The molecule has 0 fully saturated rings. The van der Waals surface area contributed by atoms with Crippen LogP contribution in [-0.2, 0) is 0 Å². The molecule has 3 nitrogen and oxygen atoms in total. The molecule has 0 aliphatic heterocycles. The summed E-state index contributed by atoms with van der Waals surface area (Å²) >= 11 is 0. The fraction of sp³-hybridized carbons (Fsp3) is 0. The van der Waals surface area contributed by atoms with Crippen LogP contribution in [0.3, 0.4) is 0 Å². The summed E-state index contributed by atoms with van der Waals surface area (Å²) in [7, 11) is 0. The highest BCUT2D eigenvalue weighted by molar-refractivity contribution is 6.29. The molecule has 228 valence electrons. The van der Waals surface area contributed by atoms with Gasteiger partial charge in [0.05, 0.1) is 38.6 Å². The van der Waals surface area contributed by atoms with E-state index in [2.05, 4.69) is 189 Å². The third kappa shape index (κ3) is 3.62. The SMILES string of the molecule is c1ccc(-n2c3ccccc3c3ccc(-n4c5ccccc5c5cc6ccccc6c6c7ccccc7n(c7ccccc74)c56)cc32)cc1. The molecule has 0 saturated heterocycles. The van der Waals surface area contributed by atoms with Gasteiger partial charge in [-0.2, -0.15) is 0 Å². The van der Waals surface area contributed by atoms with Crippen LogP contribution in [0.4, 0.5) is 0 Å². The van der Waals surface area contributed by atoms with Crippen molar-refractivity contribution in [3.63, 3.8) is 0 Å². The Hall–Kier alpha value is -6.58. The second-order valence-electron chi connectivity index (χ2n) is 13.0. The monoisotopic (exact) mass is 623 g/mol. The van der Waals surface area contributed by atoms with Gasteiger partial charge in [-0.3, -0.25) is 0 Å². The Morgan fingerprint density at radius 1 is 0.286 bits per heavy atom. The van der Waals surface area contributed by atoms with E-state index in [1.807, 2.05) is 0 Å². The molecule has 0 saturated carbocycles. The van der Waals surface area contributed by atoms with Gasteiger partial charge in [0, 0.05) is 43.7 Å². The number of fused-ring (bicyclic) bond motifs is 12. The van der Waals surface area contributed by atoms with Gasteiger partial charge < -0.3 is 13.5 Å². The Bertz CT molecular complexity index is 3160. The summed E-state index contributed by atoms with van der Waals surface area (Å²) in [6.07, 6.45) is 0.